The summed E-state index contributed by atoms with van der Waals surface area (Å²) in [5, 5.41) is 22.5. The molecule has 2 aromatic rings. The van der Waals surface area contributed by atoms with Gasteiger partial charge in [0, 0.05) is 39.6 Å². The van der Waals surface area contributed by atoms with E-state index in [0.29, 0.717) is 38.5 Å². The fourth-order valence-electron chi connectivity index (χ4n) is 2.58. The molecule has 2 heterocycles. The van der Waals surface area contributed by atoms with E-state index in [-0.39, 0.29) is 0 Å². The minimum atomic E-state index is -0.750. The number of hydrogen-bond donors (Lipinski definition) is 1. The number of benzene rings is 1. The molecule has 1 aromatic carbocycles. The molecule has 3 rings (SSSR count). The van der Waals surface area contributed by atoms with Gasteiger partial charge in [-0.3, -0.25) is 0 Å². The second kappa shape index (κ2) is 5.79. The monoisotopic (exact) mass is 289 g/mol. The molecule has 112 valence electrons. The maximum Gasteiger partial charge on any atom is 0.250 e. The zero-order chi connectivity index (χ0) is 14.7. The van der Waals surface area contributed by atoms with Gasteiger partial charge in [0.2, 0.25) is 5.95 Å². The van der Waals surface area contributed by atoms with E-state index in [2.05, 4.69) is 15.5 Å². The van der Waals surface area contributed by atoms with Crippen LogP contribution in [0.25, 0.3) is 5.69 Å². The summed E-state index contributed by atoms with van der Waals surface area (Å²) in [7, 11) is 1.89. The van der Waals surface area contributed by atoms with Gasteiger partial charge in [0.05, 0.1) is 11.3 Å². The molecule has 1 fully saturated rings. The summed E-state index contributed by atoms with van der Waals surface area (Å²) in [6, 6.07) is 9.70. The molecule has 0 saturated carbocycles. The minimum Gasteiger partial charge on any atom is -0.388 e. The number of aromatic nitrogens is 4. The van der Waals surface area contributed by atoms with Crippen LogP contribution in [0.2, 0.25) is 0 Å². The third-order valence-electron chi connectivity index (χ3n) is 3.75. The van der Waals surface area contributed by atoms with Crippen molar-refractivity contribution in [3.8, 4) is 5.69 Å². The number of ether oxygens (including phenoxy) is 1. The van der Waals surface area contributed by atoms with Crippen LogP contribution in [0.15, 0.2) is 30.3 Å². The second-order valence-electron chi connectivity index (χ2n) is 5.42. The predicted octanol–water partition coefficient (Wildman–Crippen LogP) is 0.640. The summed E-state index contributed by atoms with van der Waals surface area (Å²) in [4.78, 5) is 1.89. The molecule has 0 radical (unpaired) electrons. The summed E-state index contributed by atoms with van der Waals surface area (Å²) >= 11 is 0. The highest BCUT2D eigenvalue weighted by Gasteiger charge is 2.32. The Labute approximate surface area is 123 Å². The number of aliphatic hydroxyl groups is 1. The molecule has 1 aromatic heterocycles. The van der Waals surface area contributed by atoms with Crippen LogP contribution in [0, 0.1) is 0 Å². The van der Waals surface area contributed by atoms with Crippen molar-refractivity contribution < 1.29 is 9.84 Å². The van der Waals surface area contributed by atoms with E-state index in [0.717, 1.165) is 5.69 Å². The van der Waals surface area contributed by atoms with Crippen LogP contribution in [0.3, 0.4) is 0 Å². The SMILES string of the molecule is CN(CC1(O)CCOCC1)c1nnnn1-c1ccccc1. The lowest BCUT2D eigenvalue weighted by Crippen LogP contribution is -2.46. The van der Waals surface area contributed by atoms with Crippen LogP contribution in [-0.2, 0) is 4.74 Å². The van der Waals surface area contributed by atoms with E-state index in [1.807, 2.05) is 42.3 Å². The van der Waals surface area contributed by atoms with Gasteiger partial charge in [-0.15, -0.1) is 0 Å². The minimum absolute atomic E-state index is 0.476. The molecule has 7 heteroatoms. The molecule has 0 unspecified atom stereocenters. The van der Waals surface area contributed by atoms with Gasteiger partial charge in [-0.2, -0.15) is 4.68 Å². The lowest BCUT2D eigenvalue weighted by Gasteiger charge is -2.35. The standard InChI is InChI=1S/C14H19N5O2/c1-18(11-14(20)7-9-21-10-8-14)13-15-16-17-19(13)12-5-3-2-4-6-12/h2-6,20H,7-11H2,1H3. The van der Waals surface area contributed by atoms with Crippen LogP contribution in [-0.4, -0.2) is 57.7 Å². The third-order valence-corrected chi connectivity index (χ3v) is 3.75. The summed E-state index contributed by atoms with van der Waals surface area (Å²) in [5.74, 6) is 0.612. The largest absolute Gasteiger partial charge is 0.388 e. The number of hydrogen-bond acceptors (Lipinski definition) is 6. The Hall–Kier alpha value is -1.99. The molecule has 0 spiro atoms. The van der Waals surface area contributed by atoms with Crippen LogP contribution < -0.4 is 4.90 Å². The first kappa shape index (κ1) is 14.0. The highest BCUT2D eigenvalue weighted by atomic mass is 16.5. The molecule has 1 aliphatic rings. The van der Waals surface area contributed by atoms with Crippen molar-refractivity contribution in [3.63, 3.8) is 0 Å². The van der Waals surface area contributed by atoms with Gasteiger partial charge in [0.1, 0.15) is 0 Å². The molecule has 1 N–H and O–H groups in total. The van der Waals surface area contributed by atoms with E-state index in [1.54, 1.807) is 4.68 Å². The fraction of sp³-hybridized carbons (Fsp3) is 0.500. The summed E-state index contributed by atoms with van der Waals surface area (Å²) in [5.41, 5.74) is 0.142. The topological polar surface area (TPSA) is 76.3 Å². The van der Waals surface area contributed by atoms with Crippen molar-refractivity contribution in [1.82, 2.24) is 20.2 Å². The lowest BCUT2D eigenvalue weighted by molar-refractivity contribution is -0.0574. The first-order valence-electron chi connectivity index (χ1n) is 7.03. The van der Waals surface area contributed by atoms with Crippen LogP contribution >= 0.6 is 0 Å². The molecule has 1 aliphatic heterocycles. The van der Waals surface area contributed by atoms with Crippen molar-refractivity contribution in [2.75, 3.05) is 31.7 Å². The number of likely N-dealkylation sites (N-methyl/N-ethyl adjacent to an activating group) is 1. The quantitative estimate of drug-likeness (QED) is 0.890. The maximum absolute atomic E-state index is 10.6. The Morgan fingerprint density at radius 2 is 2.00 bits per heavy atom. The second-order valence-corrected chi connectivity index (χ2v) is 5.42. The smallest absolute Gasteiger partial charge is 0.250 e. The normalized spacial score (nSPS) is 17.6. The van der Waals surface area contributed by atoms with E-state index in [1.165, 1.54) is 0 Å². The Kier molecular flexibility index (Phi) is 3.85. The van der Waals surface area contributed by atoms with Crippen molar-refractivity contribution in [2.24, 2.45) is 0 Å². The number of para-hydroxylation sites is 1. The first-order valence-corrected chi connectivity index (χ1v) is 7.03. The average Bonchev–Trinajstić information content (AvgIpc) is 2.98. The van der Waals surface area contributed by atoms with Gasteiger partial charge in [-0.25, -0.2) is 0 Å². The highest BCUT2D eigenvalue weighted by Crippen LogP contribution is 2.23. The molecule has 0 atom stereocenters. The molecular formula is C14H19N5O2. The van der Waals surface area contributed by atoms with Crippen LogP contribution in [0.1, 0.15) is 12.8 Å². The van der Waals surface area contributed by atoms with Gasteiger partial charge in [0.25, 0.3) is 0 Å². The van der Waals surface area contributed by atoms with E-state index in [9.17, 15) is 5.11 Å². The Balaban J connectivity index is 1.79. The molecule has 0 aliphatic carbocycles. The van der Waals surface area contributed by atoms with Crippen molar-refractivity contribution in [3.05, 3.63) is 30.3 Å². The van der Waals surface area contributed by atoms with Crippen molar-refractivity contribution in [2.45, 2.75) is 18.4 Å². The van der Waals surface area contributed by atoms with E-state index < -0.39 is 5.60 Å². The van der Waals surface area contributed by atoms with Crippen molar-refractivity contribution in [1.29, 1.82) is 0 Å². The summed E-state index contributed by atoms with van der Waals surface area (Å²) < 4.78 is 6.98. The molecule has 21 heavy (non-hydrogen) atoms. The first-order chi connectivity index (χ1) is 10.2. The molecule has 0 amide bonds. The Morgan fingerprint density at radius 1 is 1.29 bits per heavy atom. The zero-order valence-electron chi connectivity index (χ0n) is 12.0. The van der Waals surface area contributed by atoms with Crippen molar-refractivity contribution >= 4 is 5.95 Å². The van der Waals surface area contributed by atoms with Crippen LogP contribution in [0.4, 0.5) is 5.95 Å². The Bertz CT molecular complexity index is 580. The zero-order valence-corrected chi connectivity index (χ0v) is 12.0. The van der Waals surface area contributed by atoms with E-state index >= 15 is 0 Å². The number of nitrogens with zero attached hydrogens (tertiary/aromatic N) is 5. The number of tetrazole rings is 1. The average molecular weight is 289 g/mol. The van der Waals surface area contributed by atoms with Gasteiger partial charge < -0.3 is 14.7 Å². The lowest BCUT2D eigenvalue weighted by atomic mass is 9.94. The third kappa shape index (κ3) is 3.03. The predicted molar refractivity (Wildman–Crippen MR) is 77.4 cm³/mol. The van der Waals surface area contributed by atoms with E-state index in [4.69, 9.17) is 4.74 Å². The van der Waals surface area contributed by atoms with Gasteiger partial charge in [0.15, 0.2) is 0 Å². The van der Waals surface area contributed by atoms with Gasteiger partial charge >= 0.3 is 0 Å². The van der Waals surface area contributed by atoms with Gasteiger partial charge in [-0.05, 0) is 22.6 Å². The Morgan fingerprint density at radius 3 is 2.71 bits per heavy atom. The maximum atomic E-state index is 10.6. The summed E-state index contributed by atoms with van der Waals surface area (Å²) in [6.45, 7) is 1.66. The van der Waals surface area contributed by atoms with Gasteiger partial charge in [-0.1, -0.05) is 23.3 Å². The molecule has 0 bridgehead atoms. The highest BCUT2D eigenvalue weighted by molar-refractivity contribution is 5.40. The molecular weight excluding hydrogens is 270 g/mol. The number of rotatable bonds is 4. The number of anilines is 1. The summed E-state index contributed by atoms with van der Waals surface area (Å²) in [6.07, 6.45) is 1.26. The van der Waals surface area contributed by atoms with Crippen LogP contribution in [0.5, 0.6) is 0 Å². The molecule has 7 nitrogen and oxygen atoms in total. The fourth-order valence-corrected chi connectivity index (χ4v) is 2.58. The molecule has 1 saturated heterocycles.